The van der Waals surface area contributed by atoms with E-state index in [1.54, 1.807) is 14.2 Å². The lowest BCUT2D eigenvalue weighted by atomic mass is 9.96. The Morgan fingerprint density at radius 2 is 1.44 bits per heavy atom. The van der Waals surface area contributed by atoms with Crippen molar-refractivity contribution >= 4 is 0 Å². The van der Waals surface area contributed by atoms with Gasteiger partial charge in [-0.1, -0.05) is 30.3 Å². The van der Waals surface area contributed by atoms with Gasteiger partial charge in [0.05, 0.1) is 14.2 Å². The van der Waals surface area contributed by atoms with E-state index in [2.05, 4.69) is 38.1 Å². The lowest BCUT2D eigenvalue weighted by Crippen LogP contribution is -1.95. The summed E-state index contributed by atoms with van der Waals surface area (Å²) in [5, 5.41) is 0. The molecule has 0 saturated carbocycles. The number of benzene rings is 2. The summed E-state index contributed by atoms with van der Waals surface area (Å²) in [6, 6.07) is 12.2. The van der Waals surface area contributed by atoms with E-state index >= 15 is 0 Å². The van der Waals surface area contributed by atoms with Crippen LogP contribution in [0.25, 0.3) is 11.1 Å². The highest BCUT2D eigenvalue weighted by Gasteiger charge is 2.13. The molecule has 0 heterocycles. The Hall–Kier alpha value is -1.96. The van der Waals surface area contributed by atoms with E-state index in [0.717, 1.165) is 17.1 Å². The lowest BCUT2D eigenvalue weighted by molar-refractivity contribution is 0.356. The van der Waals surface area contributed by atoms with Crippen LogP contribution in [0.5, 0.6) is 11.5 Å². The molecule has 0 saturated heterocycles. The maximum atomic E-state index is 5.49. The van der Waals surface area contributed by atoms with Crippen molar-refractivity contribution in [3.8, 4) is 22.6 Å². The average molecular weight is 242 g/mol. The fourth-order valence-electron chi connectivity index (χ4n) is 2.14. The molecule has 0 atom stereocenters. The molecule has 0 aliphatic rings. The molecule has 0 bridgehead atoms. The Bertz CT molecular complexity index is 559. The van der Waals surface area contributed by atoms with Gasteiger partial charge in [-0.25, -0.2) is 0 Å². The highest BCUT2D eigenvalue weighted by molar-refractivity contribution is 5.76. The number of rotatable bonds is 3. The average Bonchev–Trinajstić information content (AvgIpc) is 2.41. The van der Waals surface area contributed by atoms with E-state index in [9.17, 15) is 0 Å². The van der Waals surface area contributed by atoms with Gasteiger partial charge in [-0.3, -0.25) is 0 Å². The quantitative estimate of drug-likeness (QED) is 0.810. The molecule has 2 heteroatoms. The first-order valence-corrected chi connectivity index (χ1v) is 5.96. The smallest absolute Gasteiger partial charge is 0.168 e. The molecule has 0 radical (unpaired) electrons. The van der Waals surface area contributed by atoms with Crippen LogP contribution in [0.2, 0.25) is 0 Å². The number of methoxy groups -OCH3 is 2. The predicted octanol–water partition coefficient (Wildman–Crippen LogP) is 3.99. The van der Waals surface area contributed by atoms with E-state index in [1.807, 2.05) is 12.1 Å². The Kier molecular flexibility index (Phi) is 3.56. The van der Waals surface area contributed by atoms with Gasteiger partial charge in [0.2, 0.25) is 0 Å². The molecule has 0 aromatic heterocycles. The normalized spacial score (nSPS) is 10.2. The largest absolute Gasteiger partial charge is 0.493 e. The summed E-state index contributed by atoms with van der Waals surface area (Å²) in [6.07, 6.45) is 0. The summed E-state index contributed by atoms with van der Waals surface area (Å²) in [7, 11) is 3.33. The first kappa shape index (κ1) is 12.5. The second-order valence-corrected chi connectivity index (χ2v) is 4.29. The summed E-state index contributed by atoms with van der Waals surface area (Å²) in [4.78, 5) is 0. The predicted molar refractivity (Wildman–Crippen MR) is 74.5 cm³/mol. The van der Waals surface area contributed by atoms with Crippen LogP contribution in [0.4, 0.5) is 0 Å². The zero-order valence-corrected chi connectivity index (χ0v) is 11.3. The fraction of sp³-hybridized carbons (Fsp3) is 0.250. The van der Waals surface area contributed by atoms with Crippen LogP contribution in [-0.2, 0) is 0 Å². The Labute approximate surface area is 108 Å². The second kappa shape index (κ2) is 5.13. The zero-order chi connectivity index (χ0) is 13.1. The molecule has 0 aliphatic heterocycles. The summed E-state index contributed by atoms with van der Waals surface area (Å²) in [5.41, 5.74) is 4.80. The molecule has 18 heavy (non-hydrogen) atoms. The van der Waals surface area contributed by atoms with Gasteiger partial charge in [0.15, 0.2) is 11.5 Å². The van der Waals surface area contributed by atoms with Crippen LogP contribution in [0.3, 0.4) is 0 Å². The van der Waals surface area contributed by atoms with E-state index in [0.29, 0.717) is 0 Å². The standard InChI is InChI=1S/C16H18O2/c1-11-7-5-8-13(12(11)2)14-9-6-10-15(17-3)16(14)18-4/h5-10H,1-4H3. The van der Waals surface area contributed by atoms with Crippen molar-refractivity contribution in [1.82, 2.24) is 0 Å². The SMILES string of the molecule is COc1cccc(-c2cccc(C)c2C)c1OC. The van der Waals surface area contributed by atoms with Gasteiger partial charge in [-0.05, 0) is 36.6 Å². The Balaban J connectivity index is 2.67. The summed E-state index contributed by atoms with van der Waals surface area (Å²) >= 11 is 0. The third-order valence-corrected chi connectivity index (χ3v) is 3.30. The number of aryl methyl sites for hydroxylation is 1. The van der Waals surface area contributed by atoms with E-state index in [-0.39, 0.29) is 0 Å². The van der Waals surface area contributed by atoms with Gasteiger partial charge in [0, 0.05) is 5.56 Å². The molecular weight excluding hydrogens is 224 g/mol. The van der Waals surface area contributed by atoms with Crippen LogP contribution in [0.1, 0.15) is 11.1 Å². The van der Waals surface area contributed by atoms with Crippen molar-refractivity contribution in [2.75, 3.05) is 14.2 Å². The highest BCUT2D eigenvalue weighted by Crippen LogP contribution is 2.39. The topological polar surface area (TPSA) is 18.5 Å². The molecule has 2 aromatic carbocycles. The van der Waals surface area contributed by atoms with Crippen LogP contribution in [0, 0.1) is 13.8 Å². The first-order valence-electron chi connectivity index (χ1n) is 5.96. The molecule has 0 fully saturated rings. The minimum Gasteiger partial charge on any atom is -0.493 e. The van der Waals surface area contributed by atoms with Crippen LogP contribution >= 0.6 is 0 Å². The molecule has 0 aliphatic carbocycles. The molecular formula is C16H18O2. The molecule has 0 N–H and O–H groups in total. The second-order valence-electron chi connectivity index (χ2n) is 4.29. The van der Waals surface area contributed by atoms with E-state index in [4.69, 9.17) is 9.47 Å². The first-order chi connectivity index (χ1) is 8.69. The number of para-hydroxylation sites is 1. The van der Waals surface area contributed by atoms with Gasteiger partial charge in [0.1, 0.15) is 0 Å². The molecule has 2 rings (SSSR count). The maximum absolute atomic E-state index is 5.49. The number of hydrogen-bond donors (Lipinski definition) is 0. The summed E-state index contributed by atoms with van der Waals surface area (Å²) in [6.45, 7) is 4.25. The molecule has 0 amide bonds. The van der Waals surface area contributed by atoms with Crippen LogP contribution < -0.4 is 9.47 Å². The molecule has 94 valence electrons. The number of hydrogen-bond acceptors (Lipinski definition) is 2. The van der Waals surface area contributed by atoms with Gasteiger partial charge in [0.25, 0.3) is 0 Å². The summed E-state index contributed by atoms with van der Waals surface area (Å²) < 4.78 is 10.8. The van der Waals surface area contributed by atoms with Crippen LogP contribution in [-0.4, -0.2) is 14.2 Å². The van der Waals surface area contributed by atoms with Gasteiger partial charge >= 0.3 is 0 Å². The Morgan fingerprint density at radius 1 is 0.778 bits per heavy atom. The van der Waals surface area contributed by atoms with E-state index in [1.165, 1.54) is 16.7 Å². The van der Waals surface area contributed by atoms with Crippen LogP contribution in [0.15, 0.2) is 36.4 Å². The van der Waals surface area contributed by atoms with E-state index < -0.39 is 0 Å². The third-order valence-electron chi connectivity index (χ3n) is 3.30. The Morgan fingerprint density at radius 3 is 2.11 bits per heavy atom. The molecule has 2 aromatic rings. The van der Waals surface area contributed by atoms with Crippen molar-refractivity contribution in [2.45, 2.75) is 13.8 Å². The highest BCUT2D eigenvalue weighted by atomic mass is 16.5. The van der Waals surface area contributed by atoms with Crippen molar-refractivity contribution in [1.29, 1.82) is 0 Å². The van der Waals surface area contributed by atoms with Crippen molar-refractivity contribution in [3.63, 3.8) is 0 Å². The van der Waals surface area contributed by atoms with Crippen molar-refractivity contribution in [2.24, 2.45) is 0 Å². The van der Waals surface area contributed by atoms with Crippen molar-refractivity contribution in [3.05, 3.63) is 47.5 Å². The third kappa shape index (κ3) is 2.06. The maximum Gasteiger partial charge on any atom is 0.168 e. The molecule has 2 nitrogen and oxygen atoms in total. The fourth-order valence-corrected chi connectivity index (χ4v) is 2.14. The monoisotopic (exact) mass is 242 g/mol. The number of ether oxygens (including phenoxy) is 2. The minimum absolute atomic E-state index is 0.760. The van der Waals surface area contributed by atoms with Gasteiger partial charge in [-0.2, -0.15) is 0 Å². The van der Waals surface area contributed by atoms with Gasteiger partial charge in [-0.15, -0.1) is 0 Å². The zero-order valence-electron chi connectivity index (χ0n) is 11.3. The minimum atomic E-state index is 0.760. The molecule has 0 unspecified atom stereocenters. The molecule has 0 spiro atoms. The lowest BCUT2D eigenvalue weighted by Gasteiger charge is -2.15. The summed E-state index contributed by atoms with van der Waals surface area (Å²) in [5.74, 6) is 1.55. The van der Waals surface area contributed by atoms with Crippen molar-refractivity contribution < 1.29 is 9.47 Å². The van der Waals surface area contributed by atoms with Gasteiger partial charge < -0.3 is 9.47 Å².